The van der Waals surface area contributed by atoms with Crippen LogP contribution in [0.2, 0.25) is 0 Å². The van der Waals surface area contributed by atoms with Crippen LogP contribution in [0, 0.1) is 0 Å². The number of carbonyl (C=O) groups excluding carboxylic acids is 3. The van der Waals surface area contributed by atoms with Crippen molar-refractivity contribution in [2.45, 2.75) is 0 Å². The van der Waals surface area contributed by atoms with Gasteiger partial charge in [0.1, 0.15) is 5.75 Å². The topological polar surface area (TPSA) is 114 Å². The predicted molar refractivity (Wildman–Crippen MR) is 103 cm³/mol. The van der Waals surface area contributed by atoms with E-state index in [1.54, 1.807) is 55.5 Å². The Labute approximate surface area is 157 Å². The fraction of sp³-hybridized carbons (Fsp3) is 0.211. The molecule has 0 atom stereocenters. The van der Waals surface area contributed by atoms with Crippen LogP contribution in [0.5, 0.6) is 5.75 Å². The van der Waals surface area contributed by atoms with Crippen molar-refractivity contribution in [2.75, 3.05) is 37.9 Å². The summed E-state index contributed by atoms with van der Waals surface area (Å²) in [7, 11) is 3.22. The summed E-state index contributed by atoms with van der Waals surface area (Å²) in [6.45, 7) is 0.0777. The van der Waals surface area contributed by atoms with Gasteiger partial charge in [-0.1, -0.05) is 6.07 Å². The molecule has 0 bridgehead atoms. The molecule has 2 aromatic carbocycles. The molecule has 8 nitrogen and oxygen atoms in total. The molecule has 142 valence electrons. The maximum atomic E-state index is 12.1. The lowest BCUT2D eigenvalue weighted by molar-refractivity contribution is -0.119. The third kappa shape index (κ3) is 6.44. The Morgan fingerprint density at radius 3 is 2.11 bits per heavy atom. The van der Waals surface area contributed by atoms with Crippen LogP contribution in [0.3, 0.4) is 0 Å². The predicted octanol–water partition coefficient (Wildman–Crippen LogP) is 1.30. The Morgan fingerprint density at radius 2 is 1.56 bits per heavy atom. The van der Waals surface area contributed by atoms with Gasteiger partial charge in [-0.05, 0) is 43.4 Å². The molecule has 2 aromatic rings. The Morgan fingerprint density at radius 1 is 0.963 bits per heavy atom. The van der Waals surface area contributed by atoms with Gasteiger partial charge in [0.15, 0.2) is 0 Å². The third-order valence-corrected chi connectivity index (χ3v) is 3.63. The highest BCUT2D eigenvalue weighted by atomic mass is 16.5. The molecule has 0 fully saturated rings. The number of methoxy groups -OCH3 is 1. The number of amides is 3. The van der Waals surface area contributed by atoms with E-state index in [2.05, 4.69) is 10.6 Å². The van der Waals surface area contributed by atoms with Crippen LogP contribution in [-0.4, -0.2) is 49.9 Å². The Bertz CT molecular complexity index is 821. The van der Waals surface area contributed by atoms with E-state index in [4.69, 9.17) is 10.5 Å². The molecule has 0 aliphatic carbocycles. The van der Waals surface area contributed by atoms with Gasteiger partial charge >= 0.3 is 0 Å². The molecule has 0 saturated heterocycles. The molecule has 0 radical (unpaired) electrons. The zero-order valence-electron chi connectivity index (χ0n) is 15.2. The molecule has 2 rings (SSSR count). The lowest BCUT2D eigenvalue weighted by atomic mass is 10.2. The van der Waals surface area contributed by atoms with Gasteiger partial charge in [-0.15, -0.1) is 0 Å². The van der Waals surface area contributed by atoms with E-state index in [0.717, 1.165) is 0 Å². The molecule has 0 aromatic heterocycles. The van der Waals surface area contributed by atoms with Crippen molar-refractivity contribution in [2.24, 2.45) is 5.73 Å². The normalized spacial score (nSPS) is 10.3. The monoisotopic (exact) mass is 370 g/mol. The van der Waals surface area contributed by atoms with Crippen molar-refractivity contribution in [3.8, 4) is 5.75 Å². The van der Waals surface area contributed by atoms with Crippen LogP contribution >= 0.6 is 0 Å². The number of nitrogens with one attached hydrogen (secondary N) is 2. The molecule has 0 spiro atoms. The number of benzene rings is 2. The summed E-state index contributed by atoms with van der Waals surface area (Å²) in [5, 5.41) is 5.45. The summed E-state index contributed by atoms with van der Waals surface area (Å²) in [5.74, 6) is -0.416. The summed E-state index contributed by atoms with van der Waals surface area (Å²) < 4.78 is 5.11. The van der Waals surface area contributed by atoms with Gasteiger partial charge < -0.3 is 21.1 Å². The summed E-state index contributed by atoms with van der Waals surface area (Å²) >= 11 is 0. The first kappa shape index (κ1) is 19.9. The number of likely N-dealkylation sites (N-methyl/N-ethyl adjacent to an activating group) is 1. The number of hydrogen-bond acceptors (Lipinski definition) is 5. The summed E-state index contributed by atoms with van der Waals surface area (Å²) in [5.41, 5.74) is 6.69. The van der Waals surface area contributed by atoms with Gasteiger partial charge in [-0.3, -0.25) is 19.3 Å². The van der Waals surface area contributed by atoms with Crippen LogP contribution in [0.4, 0.5) is 11.4 Å². The first-order valence-corrected chi connectivity index (χ1v) is 8.19. The maximum absolute atomic E-state index is 12.1. The minimum absolute atomic E-state index is 0.0309. The number of nitrogens with two attached hydrogens (primary N) is 1. The average molecular weight is 370 g/mol. The first-order valence-electron chi connectivity index (χ1n) is 8.19. The van der Waals surface area contributed by atoms with E-state index in [0.29, 0.717) is 22.7 Å². The molecule has 0 aliphatic rings. The SMILES string of the molecule is COc1cccc(NC(=O)CN(C)CC(=O)Nc2ccc(C(N)=O)cc2)c1. The summed E-state index contributed by atoms with van der Waals surface area (Å²) in [6.07, 6.45) is 0. The summed E-state index contributed by atoms with van der Waals surface area (Å²) in [4.78, 5) is 36.8. The lowest BCUT2D eigenvalue weighted by Crippen LogP contribution is -2.36. The fourth-order valence-electron chi connectivity index (χ4n) is 2.37. The van der Waals surface area contributed by atoms with Gasteiger partial charge in [-0.25, -0.2) is 0 Å². The smallest absolute Gasteiger partial charge is 0.248 e. The minimum Gasteiger partial charge on any atom is -0.497 e. The second kappa shape index (κ2) is 9.35. The Hall–Kier alpha value is -3.39. The van der Waals surface area contributed by atoms with Crippen molar-refractivity contribution in [1.29, 1.82) is 0 Å². The van der Waals surface area contributed by atoms with Crippen LogP contribution in [-0.2, 0) is 9.59 Å². The molecule has 8 heteroatoms. The van der Waals surface area contributed by atoms with Crippen LogP contribution < -0.4 is 21.1 Å². The molecule has 0 aliphatic heterocycles. The van der Waals surface area contributed by atoms with Crippen molar-refractivity contribution in [3.05, 3.63) is 54.1 Å². The Balaban J connectivity index is 1.81. The molecule has 0 unspecified atom stereocenters. The van der Waals surface area contributed by atoms with Gasteiger partial charge in [0.25, 0.3) is 0 Å². The number of anilines is 2. The number of ether oxygens (including phenoxy) is 1. The first-order chi connectivity index (χ1) is 12.9. The van der Waals surface area contributed by atoms with E-state index in [1.807, 2.05) is 0 Å². The Kier molecular flexibility index (Phi) is 6.90. The molecular weight excluding hydrogens is 348 g/mol. The van der Waals surface area contributed by atoms with Gasteiger partial charge in [0.05, 0.1) is 20.2 Å². The minimum atomic E-state index is -0.533. The molecule has 3 amide bonds. The van der Waals surface area contributed by atoms with E-state index in [9.17, 15) is 14.4 Å². The van der Waals surface area contributed by atoms with E-state index in [1.165, 1.54) is 12.1 Å². The number of primary amides is 1. The van der Waals surface area contributed by atoms with Gasteiger partial charge in [0.2, 0.25) is 17.7 Å². The van der Waals surface area contributed by atoms with E-state index < -0.39 is 5.91 Å². The molecule has 0 heterocycles. The zero-order valence-corrected chi connectivity index (χ0v) is 15.2. The van der Waals surface area contributed by atoms with Crippen molar-refractivity contribution in [3.63, 3.8) is 0 Å². The maximum Gasteiger partial charge on any atom is 0.248 e. The fourth-order valence-corrected chi connectivity index (χ4v) is 2.37. The number of nitrogens with zero attached hydrogens (tertiary/aromatic N) is 1. The van der Waals surface area contributed by atoms with E-state index >= 15 is 0 Å². The van der Waals surface area contributed by atoms with Gasteiger partial charge in [-0.2, -0.15) is 0 Å². The van der Waals surface area contributed by atoms with Crippen LogP contribution in [0.15, 0.2) is 48.5 Å². The number of hydrogen-bond donors (Lipinski definition) is 3. The molecule has 27 heavy (non-hydrogen) atoms. The highest BCUT2D eigenvalue weighted by molar-refractivity contribution is 5.96. The number of rotatable bonds is 8. The second-order valence-corrected chi connectivity index (χ2v) is 5.94. The highest BCUT2D eigenvalue weighted by Gasteiger charge is 2.12. The second-order valence-electron chi connectivity index (χ2n) is 5.94. The molecule has 0 saturated carbocycles. The van der Waals surface area contributed by atoms with E-state index in [-0.39, 0.29) is 24.9 Å². The van der Waals surface area contributed by atoms with Crippen molar-refractivity contribution < 1.29 is 19.1 Å². The number of carbonyl (C=O) groups is 3. The lowest BCUT2D eigenvalue weighted by Gasteiger charge is -2.16. The standard InChI is InChI=1S/C19H22N4O4/c1-23(12-18(25)22-15-4-3-5-16(10-15)27-2)11-17(24)21-14-8-6-13(7-9-14)19(20)26/h3-10H,11-12H2,1-2H3,(H2,20,26)(H,21,24)(H,22,25). The molecule has 4 N–H and O–H groups in total. The zero-order chi connectivity index (χ0) is 19.8. The average Bonchev–Trinajstić information content (AvgIpc) is 2.61. The van der Waals surface area contributed by atoms with Crippen molar-refractivity contribution >= 4 is 29.1 Å². The molecular formula is C19H22N4O4. The summed E-state index contributed by atoms with van der Waals surface area (Å²) in [6, 6.07) is 13.3. The van der Waals surface area contributed by atoms with Crippen molar-refractivity contribution in [1.82, 2.24) is 4.90 Å². The third-order valence-electron chi connectivity index (χ3n) is 3.63. The quantitative estimate of drug-likeness (QED) is 0.648. The van der Waals surface area contributed by atoms with Crippen LogP contribution in [0.1, 0.15) is 10.4 Å². The highest BCUT2D eigenvalue weighted by Crippen LogP contribution is 2.16. The van der Waals surface area contributed by atoms with Crippen LogP contribution in [0.25, 0.3) is 0 Å². The van der Waals surface area contributed by atoms with Gasteiger partial charge in [0, 0.05) is 23.0 Å². The largest absolute Gasteiger partial charge is 0.497 e.